The SMILES string of the molecule is OC[C@H]1O[C@@H](n2cnc3c2NCN2CCCN=C32)C[C@@H]1O. The van der Waals surface area contributed by atoms with Crippen molar-refractivity contribution in [3.63, 3.8) is 0 Å². The molecule has 0 amide bonds. The molecule has 3 aliphatic heterocycles. The van der Waals surface area contributed by atoms with Gasteiger partial charge < -0.3 is 25.2 Å². The number of hydrogen-bond acceptors (Lipinski definition) is 7. The summed E-state index contributed by atoms with van der Waals surface area (Å²) < 4.78 is 7.59. The summed E-state index contributed by atoms with van der Waals surface area (Å²) in [6.07, 6.45) is 1.75. The van der Waals surface area contributed by atoms with E-state index < -0.39 is 12.2 Å². The van der Waals surface area contributed by atoms with Crippen molar-refractivity contribution in [3.8, 4) is 0 Å². The van der Waals surface area contributed by atoms with Gasteiger partial charge >= 0.3 is 0 Å². The fraction of sp³-hybridized carbons (Fsp3) is 0.692. The standard InChI is InChI=1S/C13H19N5O3/c19-5-9-8(20)4-10(21-9)18-7-15-11-12-14-2-1-3-17(12)6-16-13(11)18/h7-10,16,19-20H,1-6H2/t8-,9+,10+/m0/s1. The number of imidazole rings is 1. The Hall–Kier alpha value is -1.64. The van der Waals surface area contributed by atoms with Gasteiger partial charge in [-0.2, -0.15) is 0 Å². The molecule has 4 rings (SSSR count). The van der Waals surface area contributed by atoms with E-state index in [1.807, 2.05) is 4.57 Å². The molecule has 21 heavy (non-hydrogen) atoms. The second-order valence-electron chi connectivity index (χ2n) is 5.62. The van der Waals surface area contributed by atoms with Gasteiger partial charge in [-0.3, -0.25) is 9.56 Å². The number of ether oxygens (including phenoxy) is 1. The number of aliphatic imine (C=N–C) groups is 1. The molecule has 8 nitrogen and oxygen atoms in total. The number of rotatable bonds is 2. The van der Waals surface area contributed by atoms with Crippen molar-refractivity contribution in [2.24, 2.45) is 4.99 Å². The van der Waals surface area contributed by atoms with E-state index in [-0.39, 0.29) is 12.8 Å². The summed E-state index contributed by atoms with van der Waals surface area (Å²) in [5, 5.41) is 22.4. The van der Waals surface area contributed by atoms with Crippen molar-refractivity contribution in [1.29, 1.82) is 0 Å². The van der Waals surface area contributed by atoms with E-state index in [0.29, 0.717) is 13.1 Å². The minimum Gasteiger partial charge on any atom is -0.394 e. The molecule has 0 radical (unpaired) electrons. The largest absolute Gasteiger partial charge is 0.394 e. The molecule has 1 saturated heterocycles. The Labute approximate surface area is 122 Å². The third-order valence-electron chi connectivity index (χ3n) is 4.28. The molecule has 1 aromatic heterocycles. The predicted molar refractivity (Wildman–Crippen MR) is 75.1 cm³/mol. The van der Waals surface area contributed by atoms with Gasteiger partial charge in [0.25, 0.3) is 0 Å². The van der Waals surface area contributed by atoms with Crippen LogP contribution >= 0.6 is 0 Å². The van der Waals surface area contributed by atoms with Gasteiger partial charge in [-0.05, 0) is 6.42 Å². The van der Waals surface area contributed by atoms with Crippen LogP contribution in [0.3, 0.4) is 0 Å². The molecule has 0 aromatic carbocycles. The van der Waals surface area contributed by atoms with E-state index in [1.54, 1.807) is 6.33 Å². The number of amidine groups is 1. The lowest BCUT2D eigenvalue weighted by Crippen LogP contribution is -2.44. The highest BCUT2D eigenvalue weighted by Gasteiger charge is 2.37. The highest BCUT2D eigenvalue weighted by molar-refractivity contribution is 6.03. The van der Waals surface area contributed by atoms with E-state index in [2.05, 4.69) is 20.2 Å². The number of fused-ring (bicyclic) bond motifs is 3. The maximum atomic E-state index is 9.88. The van der Waals surface area contributed by atoms with E-state index >= 15 is 0 Å². The Kier molecular flexibility index (Phi) is 3.09. The molecule has 8 heteroatoms. The van der Waals surface area contributed by atoms with Gasteiger partial charge in [0.05, 0.1) is 25.7 Å². The van der Waals surface area contributed by atoms with Crippen molar-refractivity contribution >= 4 is 11.7 Å². The number of nitrogens with one attached hydrogen (secondary N) is 1. The molecule has 0 saturated carbocycles. The first-order chi connectivity index (χ1) is 10.3. The lowest BCUT2D eigenvalue weighted by molar-refractivity contribution is -0.0437. The van der Waals surface area contributed by atoms with Crippen LogP contribution in [-0.2, 0) is 4.74 Å². The summed E-state index contributed by atoms with van der Waals surface area (Å²) in [5.41, 5.74) is 0.839. The van der Waals surface area contributed by atoms with Gasteiger partial charge in [-0.25, -0.2) is 4.98 Å². The molecule has 0 unspecified atom stereocenters. The van der Waals surface area contributed by atoms with Gasteiger partial charge in [-0.1, -0.05) is 0 Å². The number of nitrogens with zero attached hydrogens (tertiary/aromatic N) is 4. The number of hydrogen-bond donors (Lipinski definition) is 3. The molecule has 3 aliphatic rings. The number of anilines is 1. The van der Waals surface area contributed by atoms with Crippen molar-refractivity contribution in [1.82, 2.24) is 14.5 Å². The van der Waals surface area contributed by atoms with Crippen LogP contribution in [0.4, 0.5) is 5.82 Å². The van der Waals surface area contributed by atoms with Crippen LogP contribution in [0.1, 0.15) is 24.8 Å². The third-order valence-corrected chi connectivity index (χ3v) is 4.28. The Morgan fingerprint density at radius 3 is 3.19 bits per heavy atom. The molecule has 3 atom stereocenters. The quantitative estimate of drug-likeness (QED) is 0.671. The van der Waals surface area contributed by atoms with Crippen LogP contribution in [0.25, 0.3) is 0 Å². The normalized spacial score (nSPS) is 31.4. The van der Waals surface area contributed by atoms with Gasteiger partial charge in [0.1, 0.15) is 23.8 Å². The molecule has 4 heterocycles. The highest BCUT2D eigenvalue weighted by atomic mass is 16.5. The Bertz CT molecular complexity index is 572. The van der Waals surface area contributed by atoms with Gasteiger partial charge in [0.2, 0.25) is 0 Å². The summed E-state index contributed by atoms with van der Waals surface area (Å²) in [5.74, 6) is 1.81. The van der Waals surface area contributed by atoms with E-state index in [9.17, 15) is 10.2 Å². The summed E-state index contributed by atoms with van der Waals surface area (Å²) in [7, 11) is 0. The van der Waals surface area contributed by atoms with Crippen LogP contribution in [-0.4, -0.2) is 69.1 Å². The smallest absolute Gasteiger partial charge is 0.155 e. The van der Waals surface area contributed by atoms with Gasteiger partial charge in [0.15, 0.2) is 5.84 Å². The van der Waals surface area contributed by atoms with Crippen molar-refractivity contribution < 1.29 is 14.9 Å². The number of aliphatic hydroxyl groups is 2. The molecule has 0 spiro atoms. The fourth-order valence-corrected chi connectivity index (χ4v) is 3.17. The zero-order valence-electron chi connectivity index (χ0n) is 11.6. The Morgan fingerprint density at radius 1 is 1.48 bits per heavy atom. The number of aromatic nitrogens is 2. The topological polar surface area (TPSA) is 95.1 Å². The average Bonchev–Trinajstić information content (AvgIpc) is 3.10. The molecule has 1 fully saturated rings. The molecule has 3 N–H and O–H groups in total. The summed E-state index contributed by atoms with van der Waals surface area (Å²) in [6, 6.07) is 0. The van der Waals surface area contributed by atoms with Crippen LogP contribution in [0.5, 0.6) is 0 Å². The molecular formula is C13H19N5O3. The van der Waals surface area contributed by atoms with E-state index in [0.717, 1.165) is 36.9 Å². The van der Waals surface area contributed by atoms with E-state index in [1.165, 1.54) is 0 Å². The Morgan fingerprint density at radius 2 is 2.38 bits per heavy atom. The van der Waals surface area contributed by atoms with Crippen molar-refractivity contribution in [3.05, 3.63) is 12.0 Å². The number of aliphatic hydroxyl groups excluding tert-OH is 2. The molecule has 114 valence electrons. The maximum absolute atomic E-state index is 9.88. The first-order valence-corrected chi connectivity index (χ1v) is 7.33. The maximum Gasteiger partial charge on any atom is 0.155 e. The monoisotopic (exact) mass is 293 g/mol. The second kappa shape index (κ2) is 4.97. The van der Waals surface area contributed by atoms with Crippen LogP contribution in [0.2, 0.25) is 0 Å². The summed E-state index contributed by atoms with van der Waals surface area (Å²) in [6.45, 7) is 2.35. The molecule has 1 aromatic rings. The lowest BCUT2D eigenvalue weighted by atomic mass is 10.2. The lowest BCUT2D eigenvalue weighted by Gasteiger charge is -2.33. The molecular weight excluding hydrogens is 274 g/mol. The van der Waals surface area contributed by atoms with Crippen LogP contribution < -0.4 is 5.32 Å². The van der Waals surface area contributed by atoms with Gasteiger partial charge in [0, 0.05) is 19.5 Å². The van der Waals surface area contributed by atoms with Gasteiger partial charge in [-0.15, -0.1) is 0 Å². The van der Waals surface area contributed by atoms with E-state index in [4.69, 9.17) is 4.74 Å². The summed E-state index contributed by atoms with van der Waals surface area (Å²) in [4.78, 5) is 11.2. The zero-order chi connectivity index (χ0) is 14.4. The van der Waals surface area contributed by atoms with Crippen molar-refractivity contribution in [2.75, 3.05) is 31.7 Å². The third kappa shape index (κ3) is 2.02. The van der Waals surface area contributed by atoms with Crippen LogP contribution in [0.15, 0.2) is 11.3 Å². The zero-order valence-corrected chi connectivity index (χ0v) is 11.6. The minimum atomic E-state index is -0.648. The molecule has 0 bridgehead atoms. The summed E-state index contributed by atoms with van der Waals surface area (Å²) >= 11 is 0. The first-order valence-electron chi connectivity index (χ1n) is 7.33. The molecule has 0 aliphatic carbocycles. The highest BCUT2D eigenvalue weighted by Crippen LogP contribution is 2.34. The fourth-order valence-electron chi connectivity index (χ4n) is 3.17. The predicted octanol–water partition coefficient (Wildman–Crippen LogP) is -0.641. The Balaban J connectivity index is 1.65. The first kappa shape index (κ1) is 13.1. The average molecular weight is 293 g/mol. The second-order valence-corrected chi connectivity index (χ2v) is 5.62. The minimum absolute atomic E-state index is 0.178. The van der Waals surface area contributed by atoms with Crippen molar-refractivity contribution in [2.45, 2.75) is 31.3 Å². The van der Waals surface area contributed by atoms with Crippen LogP contribution in [0, 0.1) is 0 Å².